The topological polar surface area (TPSA) is 66.6 Å². The fraction of sp³-hybridized carbons (Fsp3) is 0.360. The van der Waals surface area contributed by atoms with Gasteiger partial charge < -0.3 is 9.52 Å². The Morgan fingerprint density at radius 2 is 1.32 bits per heavy atom. The third kappa shape index (κ3) is 10.3. The Labute approximate surface area is 348 Å². The molecule has 6 heteroatoms. The maximum Gasteiger partial charge on any atom is 0.204 e. The van der Waals surface area contributed by atoms with Crippen LogP contribution in [0.25, 0.3) is 33.0 Å². The monoisotopic (exact) mass is 928 g/mol. The summed E-state index contributed by atoms with van der Waals surface area (Å²) in [7, 11) is 0. The maximum absolute atomic E-state index is 11.7. The van der Waals surface area contributed by atoms with E-state index >= 15 is 0 Å². The molecule has 0 aliphatic rings. The van der Waals surface area contributed by atoms with E-state index in [-0.39, 0.29) is 48.9 Å². The molecule has 0 saturated heterocycles. The molecule has 0 amide bonds. The van der Waals surface area contributed by atoms with E-state index in [1.165, 1.54) is 39.3 Å². The summed E-state index contributed by atoms with van der Waals surface area (Å²) in [4.78, 5) is 18.8. The van der Waals surface area contributed by atoms with Crippen molar-refractivity contribution in [2.45, 2.75) is 107 Å². The number of rotatable bonds is 11. The van der Waals surface area contributed by atoms with Gasteiger partial charge in [0.05, 0.1) is 5.76 Å². The molecule has 0 spiro atoms. The summed E-state index contributed by atoms with van der Waals surface area (Å²) in [6.45, 7) is 23.4. The third-order valence-electron chi connectivity index (χ3n) is 10.5. The molecule has 56 heavy (non-hydrogen) atoms. The van der Waals surface area contributed by atoms with Crippen molar-refractivity contribution in [1.82, 2.24) is 4.98 Å². The Balaban J connectivity index is 0.000000372. The molecule has 0 fully saturated rings. The van der Waals surface area contributed by atoms with Gasteiger partial charge in [0, 0.05) is 72.7 Å². The van der Waals surface area contributed by atoms with Crippen LogP contribution in [-0.4, -0.2) is 15.9 Å². The van der Waals surface area contributed by atoms with Crippen molar-refractivity contribution in [2.24, 2.45) is 11.8 Å². The minimum Gasteiger partial charge on any atom is -0.512 e. The molecule has 0 atom stereocenters. The summed E-state index contributed by atoms with van der Waals surface area (Å²) in [6, 6.07) is 31.8. The molecule has 6 rings (SSSR count). The second-order valence-electron chi connectivity index (χ2n) is 16.1. The molecular formula is C50H59IrN2O3-. The fourth-order valence-corrected chi connectivity index (χ4v) is 7.57. The second kappa shape index (κ2) is 19.1. The van der Waals surface area contributed by atoms with E-state index in [4.69, 9.17) is 9.40 Å². The van der Waals surface area contributed by atoms with E-state index in [9.17, 15) is 9.90 Å². The molecule has 0 unspecified atom stereocenters. The van der Waals surface area contributed by atoms with Crippen LogP contribution in [0, 0.1) is 45.6 Å². The zero-order chi connectivity index (χ0) is 40.0. The first kappa shape index (κ1) is 44.2. The molecule has 0 aliphatic heterocycles. The van der Waals surface area contributed by atoms with Gasteiger partial charge in [0.25, 0.3) is 0 Å². The number of benzene rings is 4. The van der Waals surface area contributed by atoms with Gasteiger partial charge in [0.2, 0.25) is 5.88 Å². The Kier molecular flexibility index (Phi) is 15.1. The van der Waals surface area contributed by atoms with Crippen LogP contribution in [0.4, 0.5) is 17.3 Å². The predicted octanol–water partition coefficient (Wildman–Crippen LogP) is 14.3. The van der Waals surface area contributed by atoms with Gasteiger partial charge in [0.15, 0.2) is 5.78 Å². The Hall–Kier alpha value is -4.51. The number of hydrogen-bond donors (Lipinski definition) is 1. The number of fused-ring (bicyclic) bond motifs is 2. The van der Waals surface area contributed by atoms with Gasteiger partial charge in [-0.1, -0.05) is 89.7 Å². The van der Waals surface area contributed by atoms with Crippen LogP contribution in [-0.2, 0) is 30.3 Å². The van der Waals surface area contributed by atoms with Crippen molar-refractivity contribution >= 4 is 44.8 Å². The van der Waals surface area contributed by atoms with Gasteiger partial charge in [-0.25, -0.2) is 0 Å². The quantitative estimate of drug-likeness (QED) is 0.0797. The number of aliphatic hydroxyl groups is 1. The molecule has 0 bridgehead atoms. The number of aliphatic hydroxyl groups excluding tert-OH is 1. The first-order valence-corrected chi connectivity index (χ1v) is 19.9. The van der Waals surface area contributed by atoms with Crippen molar-refractivity contribution < 1.29 is 34.4 Å². The van der Waals surface area contributed by atoms with E-state index in [0.717, 1.165) is 70.6 Å². The first-order valence-electron chi connectivity index (χ1n) is 19.9. The second-order valence-corrected chi connectivity index (χ2v) is 16.1. The molecule has 5 nitrogen and oxygen atoms in total. The van der Waals surface area contributed by atoms with E-state index in [1.54, 1.807) is 0 Å². The molecule has 2 aromatic heterocycles. The van der Waals surface area contributed by atoms with Crippen molar-refractivity contribution in [3.63, 3.8) is 0 Å². The van der Waals surface area contributed by atoms with Crippen LogP contribution in [0.3, 0.4) is 0 Å². The van der Waals surface area contributed by atoms with Crippen molar-refractivity contribution in [2.75, 3.05) is 4.90 Å². The summed E-state index contributed by atoms with van der Waals surface area (Å²) in [5, 5.41) is 13.1. The SMILES string of the molecule is CCC(CC)C(=O)/C=C(\O)C(CC)CC.Cc1cc(C)cc(N(c2cc(C)cc(C)c2)c2cc3ccnc(-c4[c-]c5ccccc5c(C(C)(C)C)c4)c3o2)c1.[Ir]. The third-order valence-corrected chi connectivity index (χ3v) is 10.5. The van der Waals surface area contributed by atoms with E-state index in [0.29, 0.717) is 0 Å². The van der Waals surface area contributed by atoms with E-state index < -0.39 is 0 Å². The fourth-order valence-electron chi connectivity index (χ4n) is 7.57. The Bertz CT molecular complexity index is 2210. The first-order chi connectivity index (χ1) is 26.2. The largest absolute Gasteiger partial charge is 0.512 e. The van der Waals surface area contributed by atoms with Crippen LogP contribution in [0.5, 0.6) is 0 Å². The molecule has 0 aliphatic carbocycles. The Morgan fingerprint density at radius 1 is 0.786 bits per heavy atom. The molecular weight excluding hydrogens is 869 g/mol. The molecule has 2 heterocycles. The molecule has 1 N–H and O–H groups in total. The number of nitrogens with zero attached hydrogens (tertiary/aromatic N) is 2. The number of ketones is 1. The number of anilines is 3. The van der Waals surface area contributed by atoms with Crippen LogP contribution >= 0.6 is 0 Å². The summed E-state index contributed by atoms with van der Waals surface area (Å²) in [5.41, 5.74) is 10.7. The number of allylic oxidation sites excluding steroid dienone is 2. The number of furan rings is 1. The number of hydrogen-bond acceptors (Lipinski definition) is 5. The molecule has 0 saturated carbocycles. The molecule has 4 aromatic carbocycles. The summed E-state index contributed by atoms with van der Waals surface area (Å²) < 4.78 is 6.77. The number of aryl methyl sites for hydroxylation is 4. The van der Waals surface area contributed by atoms with Crippen LogP contribution < -0.4 is 4.90 Å². The average molecular weight is 928 g/mol. The van der Waals surface area contributed by atoms with Gasteiger partial charge in [0.1, 0.15) is 5.58 Å². The van der Waals surface area contributed by atoms with Gasteiger partial charge in [-0.2, -0.15) is 0 Å². The minimum atomic E-state index is -0.0332. The number of carbonyl (C=O) groups excluding carboxylic acids is 1. The predicted molar refractivity (Wildman–Crippen MR) is 232 cm³/mol. The standard InChI is InChI=1S/C37H35N2O.C13H24O2.Ir/c1-23-14-24(2)17-30(16-23)39(31-18-25(3)15-26(4)19-31)34-22-28-12-13-38-35(36(28)40-34)29-20-27-10-8-9-11-32(27)33(21-29)37(5,6)7;1-5-10(6-2)12(14)9-13(15)11(7-3)8-4;/h8-19,21-22H,1-7H3;9-11,14H,5-8H2,1-4H3;/q-1;;/b;12-9-;. The normalized spacial score (nSPS) is 11.8. The van der Waals surface area contributed by atoms with Gasteiger partial charge in [-0.3, -0.25) is 14.7 Å². The zero-order valence-electron chi connectivity index (χ0n) is 35.1. The number of aromatic nitrogens is 1. The molecule has 6 aromatic rings. The summed E-state index contributed by atoms with van der Waals surface area (Å²) in [6.07, 6.45) is 6.78. The summed E-state index contributed by atoms with van der Waals surface area (Å²) in [5.74, 6) is 1.31. The smallest absolute Gasteiger partial charge is 0.204 e. The van der Waals surface area contributed by atoms with E-state index in [2.05, 4.69) is 132 Å². The van der Waals surface area contributed by atoms with Crippen molar-refractivity contribution in [1.29, 1.82) is 0 Å². The van der Waals surface area contributed by atoms with Crippen molar-refractivity contribution in [3.8, 4) is 11.3 Å². The van der Waals surface area contributed by atoms with Gasteiger partial charge in [-0.05, 0) is 111 Å². The molecule has 297 valence electrons. The zero-order valence-corrected chi connectivity index (χ0v) is 37.5. The van der Waals surface area contributed by atoms with Gasteiger partial charge >= 0.3 is 0 Å². The van der Waals surface area contributed by atoms with Crippen LogP contribution in [0.1, 0.15) is 102 Å². The van der Waals surface area contributed by atoms with Gasteiger partial charge in [-0.15, -0.1) is 29.1 Å². The summed E-state index contributed by atoms with van der Waals surface area (Å²) >= 11 is 0. The van der Waals surface area contributed by atoms with Crippen LogP contribution in [0.15, 0.2) is 101 Å². The number of pyridine rings is 1. The minimum absolute atomic E-state index is 0. The Morgan fingerprint density at radius 3 is 1.84 bits per heavy atom. The van der Waals surface area contributed by atoms with Crippen LogP contribution in [0.2, 0.25) is 0 Å². The maximum atomic E-state index is 11.7. The van der Waals surface area contributed by atoms with E-state index in [1.807, 2.05) is 40.0 Å². The molecule has 1 radical (unpaired) electrons. The van der Waals surface area contributed by atoms with Crippen molar-refractivity contribution in [3.05, 3.63) is 131 Å². The average Bonchev–Trinajstić information content (AvgIpc) is 3.55. The number of carbonyl (C=O) groups is 1.